The Morgan fingerprint density at radius 3 is 2.54 bits per heavy atom. The fourth-order valence-electron chi connectivity index (χ4n) is 3.78. The van der Waals surface area contributed by atoms with E-state index in [1.54, 1.807) is 0 Å². The van der Waals surface area contributed by atoms with Crippen molar-refractivity contribution in [3.63, 3.8) is 0 Å². The molecule has 1 atom stereocenters. The van der Waals surface area contributed by atoms with Crippen molar-refractivity contribution in [1.29, 1.82) is 5.26 Å². The number of aromatic nitrogens is 5. The van der Waals surface area contributed by atoms with Crippen molar-refractivity contribution in [1.82, 2.24) is 25.4 Å². The molecule has 0 aliphatic rings. The summed E-state index contributed by atoms with van der Waals surface area (Å²) in [6, 6.07) is 8.12. The van der Waals surface area contributed by atoms with Gasteiger partial charge in [0.25, 0.3) is 0 Å². The normalized spacial score (nSPS) is 11.8. The largest absolute Gasteiger partial charge is 0.371 e. The van der Waals surface area contributed by atoms with Gasteiger partial charge in [0.1, 0.15) is 29.4 Å². The van der Waals surface area contributed by atoms with Crippen LogP contribution in [0.3, 0.4) is 0 Å². The lowest BCUT2D eigenvalue weighted by molar-refractivity contribution is 0.480. The maximum absolute atomic E-state index is 14.8. The van der Waals surface area contributed by atoms with Crippen LogP contribution in [-0.2, 0) is 0 Å². The van der Waals surface area contributed by atoms with E-state index in [1.807, 2.05) is 6.07 Å². The molecule has 8 nitrogen and oxygen atoms in total. The Morgan fingerprint density at radius 1 is 1.00 bits per heavy atom. The molecule has 13 heteroatoms. The van der Waals surface area contributed by atoms with Crippen molar-refractivity contribution in [3.8, 4) is 6.07 Å². The monoisotopic (exact) mass is 524 g/mol. The van der Waals surface area contributed by atoms with Crippen LogP contribution >= 0.6 is 11.6 Å². The number of rotatable bonds is 6. The first-order chi connectivity index (χ1) is 17.8. The number of anilines is 3. The standard InChI is InChI=1S/C24H13ClF4N8/c25-12-3-16-21(34-14-6-18(28)24(29)32-9-14)11(7-30)8-31-22(16)19(4-12)35-23(20-10-33-37-36-20)15-2-1-13(26)5-17(15)27/h1-6,8-10,23,35H,(H,31,34)(H,33,36,37)/t23-/m0/s1. The van der Waals surface area contributed by atoms with Gasteiger partial charge in [-0.05, 0) is 18.2 Å². The molecule has 0 bridgehead atoms. The van der Waals surface area contributed by atoms with Gasteiger partial charge in [0, 0.05) is 40.5 Å². The lowest BCUT2D eigenvalue weighted by Crippen LogP contribution is -2.15. The quantitative estimate of drug-likeness (QED) is 0.191. The summed E-state index contributed by atoms with van der Waals surface area (Å²) < 4.78 is 55.4. The Bertz CT molecular complexity index is 1670. The maximum atomic E-state index is 14.8. The van der Waals surface area contributed by atoms with Crippen LogP contribution in [0, 0.1) is 34.7 Å². The Kier molecular flexibility index (Phi) is 6.29. The third-order valence-corrected chi connectivity index (χ3v) is 5.65. The summed E-state index contributed by atoms with van der Waals surface area (Å²) in [5, 5.41) is 26.4. The molecule has 37 heavy (non-hydrogen) atoms. The molecule has 3 heterocycles. The number of hydrogen-bond donors (Lipinski definition) is 3. The lowest BCUT2D eigenvalue weighted by atomic mass is 10.0. The van der Waals surface area contributed by atoms with Crippen LogP contribution < -0.4 is 10.6 Å². The number of H-pyrrole nitrogens is 1. The van der Waals surface area contributed by atoms with Crippen molar-refractivity contribution in [2.45, 2.75) is 6.04 Å². The van der Waals surface area contributed by atoms with E-state index >= 15 is 0 Å². The minimum Gasteiger partial charge on any atom is -0.371 e. The number of hydrogen-bond acceptors (Lipinski definition) is 7. The minimum atomic E-state index is -1.27. The summed E-state index contributed by atoms with van der Waals surface area (Å²) in [5.74, 6) is -4.02. The fraction of sp³-hybridized carbons (Fsp3) is 0.0417. The first-order valence-electron chi connectivity index (χ1n) is 10.5. The van der Waals surface area contributed by atoms with E-state index in [0.717, 1.165) is 24.4 Å². The van der Waals surface area contributed by atoms with Crippen LogP contribution in [-0.4, -0.2) is 25.4 Å². The van der Waals surface area contributed by atoms with Crippen molar-refractivity contribution in [2.24, 2.45) is 0 Å². The Balaban J connectivity index is 1.65. The van der Waals surface area contributed by atoms with Crippen molar-refractivity contribution >= 4 is 39.6 Å². The smallest absolute Gasteiger partial charge is 0.249 e. The van der Waals surface area contributed by atoms with Gasteiger partial charge in [-0.1, -0.05) is 22.9 Å². The van der Waals surface area contributed by atoms with E-state index in [9.17, 15) is 22.8 Å². The summed E-state index contributed by atoms with van der Waals surface area (Å²) in [5.41, 5.74) is 1.35. The van der Waals surface area contributed by atoms with Gasteiger partial charge < -0.3 is 10.6 Å². The van der Waals surface area contributed by atoms with Crippen molar-refractivity contribution < 1.29 is 17.6 Å². The second-order valence-electron chi connectivity index (χ2n) is 7.77. The van der Waals surface area contributed by atoms with Crippen LogP contribution in [0.1, 0.15) is 22.9 Å². The molecule has 0 fully saturated rings. The molecule has 0 unspecified atom stereocenters. The summed E-state index contributed by atoms with van der Waals surface area (Å²) in [4.78, 5) is 7.70. The van der Waals surface area contributed by atoms with Crippen molar-refractivity contribution in [3.05, 3.63) is 100 Å². The minimum absolute atomic E-state index is 0.0725. The fourth-order valence-corrected chi connectivity index (χ4v) is 4.00. The maximum Gasteiger partial charge on any atom is 0.249 e. The number of halogens is 5. The predicted octanol–water partition coefficient (Wildman–Crippen LogP) is 5.77. The number of nitriles is 1. The molecule has 0 spiro atoms. The first-order valence-corrected chi connectivity index (χ1v) is 10.9. The molecule has 0 saturated heterocycles. The van der Waals surface area contributed by atoms with Gasteiger partial charge in [-0.3, -0.25) is 10.1 Å². The number of pyridine rings is 2. The second kappa shape index (κ2) is 9.71. The zero-order valence-electron chi connectivity index (χ0n) is 18.4. The highest BCUT2D eigenvalue weighted by atomic mass is 35.5. The Labute approximate surface area is 210 Å². The van der Waals surface area contributed by atoms with Gasteiger partial charge in [0.05, 0.1) is 34.3 Å². The van der Waals surface area contributed by atoms with Crippen molar-refractivity contribution in [2.75, 3.05) is 10.6 Å². The number of nitrogens with one attached hydrogen (secondary N) is 3. The molecule has 184 valence electrons. The average molecular weight is 525 g/mol. The molecule has 5 aromatic rings. The average Bonchev–Trinajstić information content (AvgIpc) is 3.40. The predicted molar refractivity (Wildman–Crippen MR) is 127 cm³/mol. The molecular weight excluding hydrogens is 512 g/mol. The van der Waals surface area contributed by atoms with Crippen LogP contribution in [0.5, 0.6) is 0 Å². The van der Waals surface area contributed by atoms with E-state index in [0.29, 0.717) is 22.3 Å². The Morgan fingerprint density at radius 2 is 1.84 bits per heavy atom. The molecule has 0 radical (unpaired) electrons. The van der Waals surface area contributed by atoms with Gasteiger partial charge in [-0.15, -0.1) is 5.10 Å². The summed E-state index contributed by atoms with van der Waals surface area (Å²) >= 11 is 6.39. The number of benzene rings is 2. The van der Waals surface area contributed by atoms with Gasteiger partial charge >= 0.3 is 0 Å². The van der Waals surface area contributed by atoms with E-state index in [-0.39, 0.29) is 27.5 Å². The highest BCUT2D eigenvalue weighted by molar-refractivity contribution is 6.32. The third-order valence-electron chi connectivity index (χ3n) is 5.43. The highest BCUT2D eigenvalue weighted by Gasteiger charge is 2.23. The zero-order valence-corrected chi connectivity index (χ0v) is 19.2. The van der Waals surface area contributed by atoms with Gasteiger partial charge in [-0.2, -0.15) is 9.65 Å². The van der Waals surface area contributed by atoms with Gasteiger partial charge in [0.2, 0.25) is 5.95 Å². The molecule has 3 N–H and O–H groups in total. The molecule has 0 amide bonds. The van der Waals surface area contributed by atoms with Crippen LogP contribution in [0.4, 0.5) is 34.6 Å². The third kappa shape index (κ3) is 4.72. The van der Waals surface area contributed by atoms with Crippen LogP contribution in [0.25, 0.3) is 10.9 Å². The topological polar surface area (TPSA) is 115 Å². The molecule has 0 aliphatic heterocycles. The van der Waals surface area contributed by atoms with Gasteiger partial charge in [0.15, 0.2) is 5.82 Å². The Hall–Kier alpha value is -4.76. The lowest BCUT2D eigenvalue weighted by Gasteiger charge is -2.21. The van der Waals surface area contributed by atoms with Crippen LogP contribution in [0.15, 0.2) is 55.0 Å². The molecule has 0 aliphatic carbocycles. The van der Waals surface area contributed by atoms with Crippen LogP contribution in [0.2, 0.25) is 5.02 Å². The van der Waals surface area contributed by atoms with E-state index in [2.05, 4.69) is 36.0 Å². The molecule has 3 aromatic heterocycles. The molecule has 5 rings (SSSR count). The van der Waals surface area contributed by atoms with E-state index in [4.69, 9.17) is 11.6 Å². The SMILES string of the molecule is N#Cc1cnc2c(N[C@H](c3c[nH]nn3)c3ccc(F)cc3F)cc(Cl)cc2c1Nc1cnc(F)c(F)c1. The summed E-state index contributed by atoms with van der Waals surface area (Å²) in [6.07, 6.45) is 3.78. The highest BCUT2D eigenvalue weighted by Crippen LogP contribution is 2.37. The summed E-state index contributed by atoms with van der Waals surface area (Å²) in [7, 11) is 0. The molecule has 2 aromatic carbocycles. The summed E-state index contributed by atoms with van der Waals surface area (Å²) in [6.45, 7) is 0. The zero-order chi connectivity index (χ0) is 26.1. The van der Waals surface area contributed by atoms with E-state index in [1.165, 1.54) is 30.6 Å². The number of nitrogens with zero attached hydrogens (tertiary/aromatic N) is 5. The molecular formula is C24H13ClF4N8. The second-order valence-corrected chi connectivity index (χ2v) is 8.21. The van der Waals surface area contributed by atoms with Gasteiger partial charge in [-0.25, -0.2) is 18.2 Å². The van der Waals surface area contributed by atoms with E-state index < -0.39 is 29.4 Å². The molecule has 0 saturated carbocycles. The first kappa shape index (κ1) is 24.0. The number of fused-ring (bicyclic) bond motifs is 1. The number of aromatic amines is 1.